The fourth-order valence-corrected chi connectivity index (χ4v) is 1.57. The molecule has 0 N–H and O–H groups in total. The van der Waals surface area contributed by atoms with Crippen molar-refractivity contribution in [1.82, 2.24) is 4.90 Å². The summed E-state index contributed by atoms with van der Waals surface area (Å²) in [5.74, 6) is -0.313. The normalized spacial score (nSPS) is 10.3. The number of hydrogen-bond donors (Lipinski definition) is 0. The first-order valence-electron chi connectivity index (χ1n) is 5.71. The number of rotatable bonds is 6. The Morgan fingerprint density at radius 3 is 2.59 bits per heavy atom. The van der Waals surface area contributed by atoms with Gasteiger partial charge in [0.05, 0.1) is 6.61 Å². The molecule has 0 aliphatic rings. The van der Waals surface area contributed by atoms with Gasteiger partial charge in [0.2, 0.25) is 0 Å². The lowest BCUT2D eigenvalue weighted by molar-refractivity contribution is -0.138. The summed E-state index contributed by atoms with van der Waals surface area (Å²) in [5, 5.41) is 0. The summed E-state index contributed by atoms with van der Waals surface area (Å²) in [7, 11) is 1.96. The van der Waals surface area contributed by atoms with Crippen LogP contribution in [0.15, 0.2) is 42.5 Å². The summed E-state index contributed by atoms with van der Waals surface area (Å²) in [6.07, 6.45) is 0. The standard InChI is InChI=1S/C14H19NO2/c1-4-17-14(16)12(2)10-15(3)11-13-8-6-5-7-9-13/h5-9H,2,4,10-11H2,1,3H3. The Morgan fingerprint density at radius 2 is 2.00 bits per heavy atom. The molecule has 0 unspecified atom stereocenters. The molecule has 0 aromatic heterocycles. The minimum Gasteiger partial charge on any atom is -0.463 e. The molecule has 0 saturated carbocycles. The van der Waals surface area contributed by atoms with Crippen LogP contribution in [0.25, 0.3) is 0 Å². The van der Waals surface area contributed by atoms with E-state index in [9.17, 15) is 4.79 Å². The zero-order valence-electron chi connectivity index (χ0n) is 10.5. The molecule has 1 aromatic rings. The van der Waals surface area contributed by atoms with Gasteiger partial charge in [0.25, 0.3) is 0 Å². The third-order valence-corrected chi connectivity index (χ3v) is 2.32. The van der Waals surface area contributed by atoms with Crippen molar-refractivity contribution in [3.8, 4) is 0 Å². The molecular formula is C14H19NO2. The SMILES string of the molecule is C=C(CN(C)Cc1ccccc1)C(=O)OCC. The van der Waals surface area contributed by atoms with Crippen molar-refractivity contribution >= 4 is 5.97 Å². The number of ether oxygens (including phenoxy) is 1. The van der Waals surface area contributed by atoms with Crippen molar-refractivity contribution in [3.63, 3.8) is 0 Å². The Morgan fingerprint density at radius 1 is 1.35 bits per heavy atom. The minimum absolute atomic E-state index is 0.313. The summed E-state index contributed by atoms with van der Waals surface area (Å²) in [6, 6.07) is 10.1. The van der Waals surface area contributed by atoms with Gasteiger partial charge in [-0.05, 0) is 19.5 Å². The van der Waals surface area contributed by atoms with E-state index in [1.54, 1.807) is 6.92 Å². The fourth-order valence-electron chi connectivity index (χ4n) is 1.57. The summed E-state index contributed by atoms with van der Waals surface area (Å²) in [5.41, 5.74) is 1.71. The van der Waals surface area contributed by atoms with Crippen LogP contribution in [0.1, 0.15) is 12.5 Å². The Bertz CT molecular complexity index is 373. The van der Waals surface area contributed by atoms with E-state index in [1.165, 1.54) is 5.56 Å². The molecule has 1 rings (SSSR count). The van der Waals surface area contributed by atoms with Crippen LogP contribution in [-0.4, -0.2) is 31.1 Å². The van der Waals surface area contributed by atoms with Crippen LogP contribution in [0.5, 0.6) is 0 Å². The minimum atomic E-state index is -0.313. The van der Waals surface area contributed by atoms with Crippen molar-refractivity contribution in [2.75, 3.05) is 20.2 Å². The molecule has 0 bridgehead atoms. The van der Waals surface area contributed by atoms with Gasteiger partial charge < -0.3 is 4.74 Å². The van der Waals surface area contributed by atoms with Gasteiger partial charge in [-0.15, -0.1) is 0 Å². The first kappa shape index (κ1) is 13.5. The maximum atomic E-state index is 11.4. The van der Waals surface area contributed by atoms with Gasteiger partial charge in [0.15, 0.2) is 0 Å². The molecule has 0 amide bonds. The van der Waals surface area contributed by atoms with Crippen LogP contribution in [-0.2, 0) is 16.1 Å². The Kier molecular flexibility index (Phi) is 5.43. The van der Waals surface area contributed by atoms with Crippen LogP contribution >= 0.6 is 0 Å². The van der Waals surface area contributed by atoms with Gasteiger partial charge >= 0.3 is 5.97 Å². The Labute approximate surface area is 103 Å². The lowest BCUT2D eigenvalue weighted by Gasteiger charge is -2.17. The van der Waals surface area contributed by atoms with Gasteiger partial charge in [-0.3, -0.25) is 4.90 Å². The molecule has 3 heteroatoms. The first-order valence-corrected chi connectivity index (χ1v) is 5.71. The van der Waals surface area contributed by atoms with Crippen LogP contribution in [0.3, 0.4) is 0 Å². The number of hydrogen-bond acceptors (Lipinski definition) is 3. The number of likely N-dealkylation sites (N-methyl/N-ethyl adjacent to an activating group) is 1. The van der Waals surface area contributed by atoms with Crippen LogP contribution in [0.2, 0.25) is 0 Å². The quantitative estimate of drug-likeness (QED) is 0.557. The smallest absolute Gasteiger partial charge is 0.334 e. The number of nitrogens with zero attached hydrogens (tertiary/aromatic N) is 1. The maximum absolute atomic E-state index is 11.4. The molecule has 3 nitrogen and oxygen atoms in total. The van der Waals surface area contributed by atoms with E-state index >= 15 is 0 Å². The molecule has 0 saturated heterocycles. The topological polar surface area (TPSA) is 29.5 Å². The van der Waals surface area contributed by atoms with E-state index in [0.717, 1.165) is 6.54 Å². The molecule has 0 heterocycles. The van der Waals surface area contributed by atoms with E-state index in [1.807, 2.05) is 30.1 Å². The van der Waals surface area contributed by atoms with E-state index in [4.69, 9.17) is 4.74 Å². The summed E-state index contributed by atoms with van der Waals surface area (Å²) in [4.78, 5) is 13.4. The predicted octanol–water partition coefficient (Wildman–Crippen LogP) is 2.24. The molecule has 0 spiro atoms. The molecule has 17 heavy (non-hydrogen) atoms. The zero-order chi connectivity index (χ0) is 12.7. The monoisotopic (exact) mass is 233 g/mol. The molecule has 0 radical (unpaired) electrons. The third-order valence-electron chi connectivity index (χ3n) is 2.32. The van der Waals surface area contributed by atoms with E-state index in [0.29, 0.717) is 18.7 Å². The second kappa shape index (κ2) is 6.86. The second-order valence-corrected chi connectivity index (χ2v) is 3.98. The molecule has 0 atom stereocenters. The van der Waals surface area contributed by atoms with E-state index < -0.39 is 0 Å². The van der Waals surface area contributed by atoms with Crippen molar-refractivity contribution in [2.24, 2.45) is 0 Å². The molecule has 92 valence electrons. The van der Waals surface area contributed by atoms with Crippen molar-refractivity contribution in [1.29, 1.82) is 0 Å². The lowest BCUT2D eigenvalue weighted by atomic mass is 10.2. The summed E-state index contributed by atoms with van der Waals surface area (Å²) >= 11 is 0. The van der Waals surface area contributed by atoms with Gasteiger partial charge in [-0.1, -0.05) is 36.9 Å². The number of esters is 1. The molecular weight excluding hydrogens is 214 g/mol. The highest BCUT2D eigenvalue weighted by atomic mass is 16.5. The summed E-state index contributed by atoms with van der Waals surface area (Å²) < 4.78 is 4.89. The van der Waals surface area contributed by atoms with Gasteiger partial charge in [0.1, 0.15) is 0 Å². The van der Waals surface area contributed by atoms with Crippen molar-refractivity contribution in [2.45, 2.75) is 13.5 Å². The fraction of sp³-hybridized carbons (Fsp3) is 0.357. The van der Waals surface area contributed by atoms with Crippen LogP contribution < -0.4 is 0 Å². The van der Waals surface area contributed by atoms with Crippen LogP contribution in [0.4, 0.5) is 0 Å². The van der Waals surface area contributed by atoms with Crippen molar-refractivity contribution in [3.05, 3.63) is 48.0 Å². The predicted molar refractivity (Wildman–Crippen MR) is 68.5 cm³/mol. The Hall–Kier alpha value is -1.61. The third kappa shape index (κ3) is 4.83. The summed E-state index contributed by atoms with van der Waals surface area (Å²) in [6.45, 7) is 7.23. The molecule has 0 aliphatic heterocycles. The van der Waals surface area contributed by atoms with E-state index in [2.05, 4.69) is 18.7 Å². The van der Waals surface area contributed by atoms with Gasteiger partial charge in [0, 0.05) is 18.7 Å². The Balaban J connectivity index is 2.42. The molecule has 1 aromatic carbocycles. The van der Waals surface area contributed by atoms with Crippen LogP contribution in [0, 0.1) is 0 Å². The second-order valence-electron chi connectivity index (χ2n) is 3.98. The molecule has 0 aliphatic carbocycles. The highest BCUT2D eigenvalue weighted by Gasteiger charge is 2.10. The number of benzene rings is 1. The largest absolute Gasteiger partial charge is 0.463 e. The highest BCUT2D eigenvalue weighted by Crippen LogP contribution is 2.05. The highest BCUT2D eigenvalue weighted by molar-refractivity contribution is 5.88. The number of carbonyl (C=O) groups excluding carboxylic acids is 1. The average Bonchev–Trinajstić information content (AvgIpc) is 2.30. The number of carbonyl (C=O) groups is 1. The lowest BCUT2D eigenvalue weighted by Crippen LogP contribution is -2.24. The van der Waals surface area contributed by atoms with Gasteiger partial charge in [-0.25, -0.2) is 4.79 Å². The van der Waals surface area contributed by atoms with E-state index in [-0.39, 0.29) is 5.97 Å². The zero-order valence-corrected chi connectivity index (χ0v) is 10.5. The first-order chi connectivity index (χ1) is 8.13. The maximum Gasteiger partial charge on any atom is 0.334 e. The average molecular weight is 233 g/mol. The van der Waals surface area contributed by atoms with Crippen molar-refractivity contribution < 1.29 is 9.53 Å². The molecule has 0 fully saturated rings. The van der Waals surface area contributed by atoms with Gasteiger partial charge in [-0.2, -0.15) is 0 Å².